The Bertz CT molecular complexity index is 1260. The number of carbonyl (C=O) groups excluding carboxylic acids is 1. The van der Waals surface area contributed by atoms with E-state index in [0.717, 1.165) is 11.1 Å². The Kier molecular flexibility index (Phi) is 8.83. The van der Waals surface area contributed by atoms with Crippen LogP contribution in [0.1, 0.15) is 21.5 Å². The Hall–Kier alpha value is -4.59. The van der Waals surface area contributed by atoms with Crippen molar-refractivity contribution in [3.05, 3.63) is 77.5 Å². The van der Waals surface area contributed by atoms with E-state index in [4.69, 9.17) is 29.4 Å². The second-order valence-electron chi connectivity index (χ2n) is 7.55. The molecule has 0 aliphatic heterocycles. The van der Waals surface area contributed by atoms with Crippen LogP contribution in [0.4, 0.5) is 11.4 Å². The average Bonchev–Trinajstić information content (AvgIpc) is 2.91. The topological polar surface area (TPSA) is 101 Å². The summed E-state index contributed by atoms with van der Waals surface area (Å²) in [6, 6.07) is 14.3. The second-order valence-corrected chi connectivity index (χ2v) is 7.55. The summed E-state index contributed by atoms with van der Waals surface area (Å²) in [7, 11) is 7.83. The molecule has 0 atom stereocenters. The molecule has 3 aromatic rings. The van der Waals surface area contributed by atoms with E-state index in [2.05, 4.69) is 5.32 Å². The van der Waals surface area contributed by atoms with E-state index >= 15 is 0 Å². The maximum atomic E-state index is 12.5. The van der Waals surface area contributed by atoms with Gasteiger partial charge in [-0.1, -0.05) is 18.2 Å². The van der Waals surface area contributed by atoms with Crippen molar-refractivity contribution in [1.29, 1.82) is 0 Å². The van der Waals surface area contributed by atoms with Gasteiger partial charge in [0.15, 0.2) is 17.3 Å². The van der Waals surface area contributed by atoms with Crippen molar-refractivity contribution < 1.29 is 28.5 Å². The van der Waals surface area contributed by atoms with Crippen molar-refractivity contribution in [3.63, 3.8) is 0 Å². The van der Waals surface area contributed by atoms with Crippen LogP contribution in [0, 0.1) is 0 Å². The van der Waals surface area contributed by atoms with E-state index in [1.807, 2.05) is 42.5 Å². The van der Waals surface area contributed by atoms with Gasteiger partial charge in [-0.3, -0.25) is 4.79 Å². The maximum absolute atomic E-state index is 12.5. The molecule has 0 aliphatic rings. The molecule has 0 aliphatic carbocycles. The summed E-state index contributed by atoms with van der Waals surface area (Å²) in [4.78, 5) is 12.5. The molecule has 8 heteroatoms. The fourth-order valence-corrected chi connectivity index (χ4v) is 3.52. The number of anilines is 2. The van der Waals surface area contributed by atoms with Gasteiger partial charge < -0.3 is 34.7 Å². The normalized spacial score (nSPS) is 10.9. The molecule has 0 fully saturated rings. The van der Waals surface area contributed by atoms with Gasteiger partial charge in [0.2, 0.25) is 5.75 Å². The van der Waals surface area contributed by atoms with Crippen LogP contribution in [0.25, 0.3) is 12.2 Å². The highest BCUT2D eigenvalue weighted by Crippen LogP contribution is 2.38. The molecule has 188 valence electrons. The first-order valence-corrected chi connectivity index (χ1v) is 11.0. The zero-order chi connectivity index (χ0) is 26.1. The minimum Gasteiger partial charge on any atom is -0.495 e. The Morgan fingerprint density at radius 2 is 1.33 bits per heavy atom. The van der Waals surface area contributed by atoms with Crippen LogP contribution in [0.15, 0.2) is 60.8 Å². The standard InChI is InChI=1S/C28H30N2O6/c1-32-24-11-9-20(17-21(24)29)23(31)12-13-30-22-14-18(8-10-25(22)33-2)6-7-19-15-26(34-3)28(36-5)27(16-19)35-4/h6-17,30H,29H2,1-5H3. The largest absolute Gasteiger partial charge is 0.495 e. The number of nitrogens with two attached hydrogens (primary N) is 1. The summed E-state index contributed by atoms with van der Waals surface area (Å²) in [5.41, 5.74) is 9.24. The number of benzene rings is 3. The van der Waals surface area contributed by atoms with Crippen LogP contribution in [0.5, 0.6) is 28.7 Å². The third kappa shape index (κ3) is 6.09. The molecular weight excluding hydrogens is 460 g/mol. The van der Waals surface area contributed by atoms with Gasteiger partial charge in [-0.25, -0.2) is 0 Å². The molecule has 8 nitrogen and oxygen atoms in total. The number of hydrogen-bond donors (Lipinski definition) is 2. The number of methoxy groups -OCH3 is 5. The number of ketones is 1. The monoisotopic (exact) mass is 490 g/mol. The fourth-order valence-electron chi connectivity index (χ4n) is 3.52. The predicted molar refractivity (Wildman–Crippen MR) is 143 cm³/mol. The minimum atomic E-state index is -0.200. The minimum absolute atomic E-state index is 0.200. The van der Waals surface area contributed by atoms with E-state index in [-0.39, 0.29) is 5.78 Å². The molecule has 0 unspecified atom stereocenters. The Morgan fingerprint density at radius 1 is 0.722 bits per heavy atom. The van der Waals surface area contributed by atoms with E-state index in [0.29, 0.717) is 45.7 Å². The molecule has 0 spiro atoms. The third-order valence-corrected chi connectivity index (χ3v) is 5.37. The zero-order valence-corrected chi connectivity index (χ0v) is 21.0. The molecule has 0 bridgehead atoms. The smallest absolute Gasteiger partial charge is 0.203 e. The van der Waals surface area contributed by atoms with Crippen LogP contribution in [-0.2, 0) is 0 Å². The van der Waals surface area contributed by atoms with E-state index in [1.54, 1.807) is 52.8 Å². The summed E-state index contributed by atoms with van der Waals surface area (Å²) in [5.74, 6) is 2.63. The van der Waals surface area contributed by atoms with Gasteiger partial charge in [0.1, 0.15) is 11.5 Å². The van der Waals surface area contributed by atoms with Crippen LogP contribution >= 0.6 is 0 Å². The third-order valence-electron chi connectivity index (χ3n) is 5.37. The van der Waals surface area contributed by atoms with E-state index < -0.39 is 0 Å². The van der Waals surface area contributed by atoms with Gasteiger partial charge >= 0.3 is 0 Å². The first kappa shape index (κ1) is 26.0. The lowest BCUT2D eigenvalue weighted by atomic mass is 10.1. The maximum Gasteiger partial charge on any atom is 0.203 e. The summed E-state index contributed by atoms with van der Waals surface area (Å²) < 4.78 is 26.8. The average molecular weight is 491 g/mol. The Labute approximate surface area is 210 Å². The molecule has 0 heterocycles. The molecule has 0 radical (unpaired) electrons. The quantitative estimate of drug-likeness (QED) is 0.162. The summed E-state index contributed by atoms with van der Waals surface area (Å²) in [6.45, 7) is 0. The van der Waals surface area contributed by atoms with Gasteiger partial charge in [0.05, 0.1) is 46.9 Å². The molecule has 36 heavy (non-hydrogen) atoms. The van der Waals surface area contributed by atoms with Crippen molar-refractivity contribution in [3.8, 4) is 28.7 Å². The van der Waals surface area contributed by atoms with Crippen molar-refractivity contribution in [2.24, 2.45) is 0 Å². The zero-order valence-electron chi connectivity index (χ0n) is 21.0. The molecule has 3 N–H and O–H groups in total. The lowest BCUT2D eigenvalue weighted by Crippen LogP contribution is -2.00. The number of nitrogens with one attached hydrogen (secondary N) is 1. The number of nitrogen functional groups attached to an aromatic ring is 1. The number of allylic oxidation sites excluding steroid dienone is 1. The molecule has 3 rings (SSSR count). The Balaban J connectivity index is 1.79. The lowest BCUT2D eigenvalue weighted by Gasteiger charge is -2.13. The molecule has 0 saturated carbocycles. The van der Waals surface area contributed by atoms with Crippen LogP contribution in [0.3, 0.4) is 0 Å². The van der Waals surface area contributed by atoms with Gasteiger partial charge in [-0.15, -0.1) is 0 Å². The molecule has 3 aromatic carbocycles. The fraction of sp³-hybridized carbons (Fsp3) is 0.179. The highest BCUT2D eigenvalue weighted by Gasteiger charge is 2.12. The van der Waals surface area contributed by atoms with Crippen molar-refractivity contribution in [1.82, 2.24) is 0 Å². The SMILES string of the molecule is COc1ccc(C(=O)C=CNc2cc(C=Cc3cc(OC)c(OC)c(OC)c3)ccc2OC)cc1N. The molecule has 0 saturated heterocycles. The number of ether oxygens (including phenoxy) is 5. The number of carbonyl (C=O) groups is 1. The van der Waals surface area contributed by atoms with Crippen molar-refractivity contribution in [2.45, 2.75) is 0 Å². The number of hydrogen-bond acceptors (Lipinski definition) is 8. The lowest BCUT2D eigenvalue weighted by molar-refractivity contribution is 0.104. The number of rotatable bonds is 11. The van der Waals surface area contributed by atoms with Gasteiger partial charge in [-0.2, -0.15) is 0 Å². The van der Waals surface area contributed by atoms with Gasteiger partial charge in [-0.05, 0) is 53.6 Å². The van der Waals surface area contributed by atoms with E-state index in [1.165, 1.54) is 13.2 Å². The first-order valence-electron chi connectivity index (χ1n) is 11.0. The summed E-state index contributed by atoms with van der Waals surface area (Å²) in [5, 5.41) is 3.12. The highest BCUT2D eigenvalue weighted by atomic mass is 16.5. The van der Waals surface area contributed by atoms with Gasteiger partial charge in [0.25, 0.3) is 0 Å². The predicted octanol–water partition coefficient (Wildman–Crippen LogP) is 5.29. The highest BCUT2D eigenvalue weighted by molar-refractivity contribution is 6.05. The van der Waals surface area contributed by atoms with Crippen LogP contribution in [-0.4, -0.2) is 41.3 Å². The molecule has 0 amide bonds. The van der Waals surface area contributed by atoms with Crippen LogP contribution < -0.4 is 34.7 Å². The second kappa shape index (κ2) is 12.2. The van der Waals surface area contributed by atoms with Crippen molar-refractivity contribution in [2.75, 3.05) is 46.6 Å². The van der Waals surface area contributed by atoms with Gasteiger partial charge in [0, 0.05) is 17.8 Å². The molecule has 0 aromatic heterocycles. The molecular formula is C28H30N2O6. The summed E-state index contributed by atoms with van der Waals surface area (Å²) in [6.07, 6.45) is 6.87. The van der Waals surface area contributed by atoms with E-state index in [9.17, 15) is 4.79 Å². The van der Waals surface area contributed by atoms with Crippen LogP contribution in [0.2, 0.25) is 0 Å². The summed E-state index contributed by atoms with van der Waals surface area (Å²) >= 11 is 0. The van der Waals surface area contributed by atoms with Crippen molar-refractivity contribution >= 4 is 29.3 Å². The Morgan fingerprint density at radius 3 is 1.92 bits per heavy atom. The first-order chi connectivity index (χ1) is 17.4.